The smallest absolute Gasteiger partial charge is 0.221 e. The van der Waals surface area contributed by atoms with E-state index in [4.69, 9.17) is 16.0 Å². The molecule has 0 aliphatic rings. The molecule has 1 aromatic heterocycles. The maximum atomic E-state index is 11.2. The number of hydrogen-bond acceptors (Lipinski definition) is 2. The molecule has 1 heterocycles. The summed E-state index contributed by atoms with van der Waals surface area (Å²) in [5, 5.41) is 3.83. The van der Waals surface area contributed by atoms with Gasteiger partial charge in [-0.25, -0.2) is 0 Å². The lowest BCUT2D eigenvalue weighted by atomic mass is 10.2. The van der Waals surface area contributed by atoms with Gasteiger partial charge in [-0.15, -0.1) is 11.6 Å². The number of nitrogens with one attached hydrogen (secondary N) is 1. The maximum Gasteiger partial charge on any atom is 0.221 e. The van der Waals surface area contributed by atoms with Crippen molar-refractivity contribution in [3.63, 3.8) is 0 Å². The maximum absolute atomic E-state index is 11.2. The number of benzene rings is 1. The van der Waals surface area contributed by atoms with Gasteiger partial charge < -0.3 is 9.73 Å². The number of amides is 1. The van der Waals surface area contributed by atoms with E-state index >= 15 is 0 Å². The molecule has 0 unspecified atom stereocenters. The SMILES string of the molecule is O=C(CCCl)NCc1coc2ccccc12. The van der Waals surface area contributed by atoms with E-state index in [2.05, 4.69) is 5.32 Å². The summed E-state index contributed by atoms with van der Waals surface area (Å²) in [5.74, 6) is 0.304. The van der Waals surface area contributed by atoms with Crippen molar-refractivity contribution in [1.29, 1.82) is 0 Å². The van der Waals surface area contributed by atoms with E-state index in [1.54, 1.807) is 6.26 Å². The van der Waals surface area contributed by atoms with E-state index in [0.29, 0.717) is 18.8 Å². The summed E-state index contributed by atoms with van der Waals surface area (Å²) < 4.78 is 5.36. The molecule has 2 aromatic rings. The lowest BCUT2D eigenvalue weighted by Gasteiger charge is -2.01. The largest absolute Gasteiger partial charge is 0.464 e. The average molecular weight is 238 g/mol. The molecule has 2 rings (SSSR count). The molecule has 1 N–H and O–H groups in total. The van der Waals surface area contributed by atoms with Crippen LogP contribution in [0.1, 0.15) is 12.0 Å². The Morgan fingerprint density at radius 3 is 3.00 bits per heavy atom. The molecule has 84 valence electrons. The van der Waals surface area contributed by atoms with Gasteiger partial charge >= 0.3 is 0 Å². The van der Waals surface area contributed by atoms with E-state index in [-0.39, 0.29) is 5.91 Å². The summed E-state index contributed by atoms with van der Waals surface area (Å²) in [6.45, 7) is 0.479. The van der Waals surface area contributed by atoms with Crippen molar-refractivity contribution >= 4 is 28.5 Å². The first-order valence-corrected chi connectivity index (χ1v) is 5.62. The van der Waals surface area contributed by atoms with Gasteiger partial charge in [0, 0.05) is 29.8 Å². The van der Waals surface area contributed by atoms with E-state index in [1.807, 2.05) is 24.3 Å². The number of fused-ring (bicyclic) bond motifs is 1. The Morgan fingerprint density at radius 1 is 1.38 bits per heavy atom. The quantitative estimate of drug-likeness (QED) is 0.831. The second-order valence-electron chi connectivity index (χ2n) is 3.47. The molecule has 16 heavy (non-hydrogen) atoms. The van der Waals surface area contributed by atoms with E-state index in [1.165, 1.54) is 0 Å². The fraction of sp³-hybridized carbons (Fsp3) is 0.250. The predicted octanol–water partition coefficient (Wildman–Crippen LogP) is 2.68. The van der Waals surface area contributed by atoms with Crippen LogP contribution in [0.2, 0.25) is 0 Å². The van der Waals surface area contributed by atoms with Gasteiger partial charge in [0.25, 0.3) is 0 Å². The summed E-state index contributed by atoms with van der Waals surface area (Å²) in [6, 6.07) is 7.74. The Balaban J connectivity index is 2.07. The summed E-state index contributed by atoms with van der Waals surface area (Å²) in [7, 11) is 0. The number of para-hydroxylation sites is 1. The number of alkyl halides is 1. The van der Waals surface area contributed by atoms with Gasteiger partial charge in [-0.05, 0) is 6.07 Å². The van der Waals surface area contributed by atoms with Crippen molar-refractivity contribution in [1.82, 2.24) is 5.32 Å². The van der Waals surface area contributed by atoms with Gasteiger partial charge in [-0.3, -0.25) is 4.79 Å². The lowest BCUT2D eigenvalue weighted by molar-refractivity contribution is -0.120. The number of carbonyl (C=O) groups is 1. The standard InChI is InChI=1S/C12H12ClNO2/c13-6-5-12(15)14-7-9-8-16-11-4-2-1-3-10(9)11/h1-4,8H,5-7H2,(H,14,15). The minimum atomic E-state index is -0.0414. The highest BCUT2D eigenvalue weighted by atomic mass is 35.5. The zero-order valence-electron chi connectivity index (χ0n) is 8.70. The monoisotopic (exact) mass is 237 g/mol. The molecule has 1 aromatic carbocycles. The number of rotatable bonds is 4. The van der Waals surface area contributed by atoms with Gasteiger partial charge in [0.15, 0.2) is 0 Å². The van der Waals surface area contributed by atoms with Crippen molar-refractivity contribution in [3.05, 3.63) is 36.1 Å². The van der Waals surface area contributed by atoms with Crippen LogP contribution in [0.4, 0.5) is 0 Å². The summed E-state index contributed by atoms with van der Waals surface area (Å²) in [6.07, 6.45) is 2.02. The first-order valence-electron chi connectivity index (χ1n) is 5.09. The van der Waals surface area contributed by atoms with Crippen LogP contribution < -0.4 is 5.32 Å². The highest BCUT2D eigenvalue weighted by Gasteiger charge is 2.06. The Kier molecular flexibility index (Phi) is 3.47. The molecule has 4 heteroatoms. The highest BCUT2D eigenvalue weighted by molar-refractivity contribution is 6.18. The molecule has 0 fully saturated rings. The number of furan rings is 1. The Labute approximate surface area is 98.4 Å². The normalized spacial score (nSPS) is 10.6. The average Bonchev–Trinajstić information content (AvgIpc) is 2.70. The topological polar surface area (TPSA) is 42.2 Å². The van der Waals surface area contributed by atoms with Crippen molar-refractivity contribution in [3.8, 4) is 0 Å². The third-order valence-electron chi connectivity index (χ3n) is 2.36. The van der Waals surface area contributed by atoms with Crippen LogP contribution in [0.15, 0.2) is 34.9 Å². The Hall–Kier alpha value is -1.48. The zero-order valence-corrected chi connectivity index (χ0v) is 9.46. The van der Waals surface area contributed by atoms with Gasteiger partial charge in [-0.2, -0.15) is 0 Å². The van der Waals surface area contributed by atoms with Crippen LogP contribution in [0.5, 0.6) is 0 Å². The second kappa shape index (κ2) is 5.03. The first-order chi connectivity index (χ1) is 7.81. The van der Waals surface area contributed by atoms with E-state index in [0.717, 1.165) is 16.5 Å². The summed E-state index contributed by atoms with van der Waals surface area (Å²) >= 11 is 5.47. The lowest BCUT2D eigenvalue weighted by Crippen LogP contribution is -2.22. The molecule has 0 atom stereocenters. The third kappa shape index (κ3) is 2.36. The number of halogens is 1. The molecule has 1 amide bonds. The second-order valence-corrected chi connectivity index (χ2v) is 3.85. The van der Waals surface area contributed by atoms with Crippen molar-refractivity contribution < 1.29 is 9.21 Å². The molecule has 0 aliphatic carbocycles. The van der Waals surface area contributed by atoms with Crippen LogP contribution in [0, 0.1) is 0 Å². The molecule has 0 saturated heterocycles. The van der Waals surface area contributed by atoms with Crippen LogP contribution >= 0.6 is 11.6 Å². The fourth-order valence-electron chi connectivity index (χ4n) is 1.54. The van der Waals surface area contributed by atoms with Crippen LogP contribution in [0.3, 0.4) is 0 Å². The molecule has 0 saturated carbocycles. The minimum Gasteiger partial charge on any atom is -0.464 e. The Bertz CT molecular complexity index is 492. The van der Waals surface area contributed by atoms with E-state index in [9.17, 15) is 4.79 Å². The molecular formula is C12H12ClNO2. The van der Waals surface area contributed by atoms with Crippen LogP contribution in [0.25, 0.3) is 11.0 Å². The van der Waals surface area contributed by atoms with Crippen molar-refractivity contribution in [2.45, 2.75) is 13.0 Å². The highest BCUT2D eigenvalue weighted by Crippen LogP contribution is 2.20. The molecule has 0 bridgehead atoms. The van der Waals surface area contributed by atoms with Gasteiger partial charge in [-0.1, -0.05) is 18.2 Å². The Morgan fingerprint density at radius 2 is 2.19 bits per heavy atom. The number of hydrogen-bond donors (Lipinski definition) is 1. The molecule has 0 spiro atoms. The predicted molar refractivity (Wildman–Crippen MR) is 63.4 cm³/mol. The minimum absolute atomic E-state index is 0.0414. The fourth-order valence-corrected chi connectivity index (χ4v) is 1.71. The molecule has 0 aliphatic heterocycles. The molecule has 3 nitrogen and oxygen atoms in total. The first kappa shape index (κ1) is 11.0. The van der Waals surface area contributed by atoms with Crippen LogP contribution in [-0.4, -0.2) is 11.8 Å². The van der Waals surface area contributed by atoms with Crippen LogP contribution in [-0.2, 0) is 11.3 Å². The summed E-state index contributed by atoms with van der Waals surface area (Å²) in [4.78, 5) is 11.2. The third-order valence-corrected chi connectivity index (χ3v) is 2.55. The summed E-state index contributed by atoms with van der Waals surface area (Å²) in [5.41, 5.74) is 1.82. The molecule has 0 radical (unpaired) electrons. The van der Waals surface area contributed by atoms with Gasteiger partial charge in [0.2, 0.25) is 5.91 Å². The van der Waals surface area contributed by atoms with E-state index < -0.39 is 0 Å². The number of carbonyl (C=O) groups excluding carboxylic acids is 1. The van der Waals surface area contributed by atoms with Gasteiger partial charge in [0.1, 0.15) is 5.58 Å². The van der Waals surface area contributed by atoms with Crippen molar-refractivity contribution in [2.75, 3.05) is 5.88 Å². The molecular weight excluding hydrogens is 226 g/mol. The zero-order chi connectivity index (χ0) is 11.4. The van der Waals surface area contributed by atoms with Gasteiger partial charge in [0.05, 0.1) is 6.26 Å². The van der Waals surface area contributed by atoms with Crippen molar-refractivity contribution in [2.24, 2.45) is 0 Å².